The smallest absolute Gasteiger partial charge is 0.233 e. The van der Waals surface area contributed by atoms with Crippen molar-refractivity contribution in [3.63, 3.8) is 0 Å². The predicted octanol–water partition coefficient (Wildman–Crippen LogP) is 2.77. The van der Waals surface area contributed by atoms with Crippen LogP contribution in [-0.2, 0) is 10.0 Å². The number of rotatable bonds is 7. The Hall–Kier alpha value is -3.08. The van der Waals surface area contributed by atoms with Crippen molar-refractivity contribution in [2.75, 3.05) is 17.6 Å². The second-order valence-corrected chi connectivity index (χ2v) is 8.51. The minimum atomic E-state index is -3.73. The summed E-state index contributed by atoms with van der Waals surface area (Å²) >= 11 is 0. The van der Waals surface area contributed by atoms with E-state index in [1.54, 1.807) is 6.07 Å². The molecule has 1 aliphatic rings. The molecule has 2 heterocycles. The lowest BCUT2D eigenvalue weighted by Gasteiger charge is -2.11. The van der Waals surface area contributed by atoms with Crippen molar-refractivity contribution >= 4 is 15.7 Å². The van der Waals surface area contributed by atoms with Crippen LogP contribution in [0.15, 0.2) is 36.8 Å². The van der Waals surface area contributed by atoms with E-state index in [0.717, 1.165) is 29.7 Å². The van der Waals surface area contributed by atoms with Gasteiger partial charge in [-0.25, -0.2) is 21.9 Å². The zero-order valence-electron chi connectivity index (χ0n) is 15.3. The van der Waals surface area contributed by atoms with E-state index >= 15 is 0 Å². The highest BCUT2D eigenvalue weighted by Crippen LogP contribution is 2.32. The van der Waals surface area contributed by atoms with E-state index in [0.29, 0.717) is 17.0 Å². The van der Waals surface area contributed by atoms with Crippen molar-refractivity contribution in [1.82, 2.24) is 20.0 Å². The maximum Gasteiger partial charge on any atom is 0.233 e. The fraction of sp³-hybridized carbons (Fsp3) is 0.278. The monoisotopic (exact) mass is 421 g/mol. The minimum Gasteiger partial charge on any atom is -0.495 e. The van der Waals surface area contributed by atoms with Gasteiger partial charge in [0.1, 0.15) is 17.1 Å². The summed E-state index contributed by atoms with van der Waals surface area (Å²) in [5, 5.41) is 7.69. The lowest BCUT2D eigenvalue weighted by atomic mass is 10.2. The first-order chi connectivity index (χ1) is 13.9. The molecule has 4 rings (SSSR count). The van der Waals surface area contributed by atoms with Gasteiger partial charge in [-0.15, -0.1) is 5.10 Å². The largest absolute Gasteiger partial charge is 0.495 e. The summed E-state index contributed by atoms with van der Waals surface area (Å²) in [6.45, 7) is 0. The normalized spacial score (nSPS) is 14.0. The molecule has 1 saturated carbocycles. The van der Waals surface area contributed by atoms with Crippen LogP contribution in [0.3, 0.4) is 0 Å². The molecule has 1 fully saturated rings. The van der Waals surface area contributed by atoms with Gasteiger partial charge < -0.3 is 4.74 Å². The third-order valence-corrected chi connectivity index (χ3v) is 5.89. The molecule has 1 aromatic carbocycles. The van der Waals surface area contributed by atoms with E-state index in [9.17, 15) is 17.2 Å². The van der Waals surface area contributed by atoms with E-state index in [-0.39, 0.29) is 17.4 Å². The lowest BCUT2D eigenvalue weighted by Crippen LogP contribution is -2.19. The molecule has 1 aliphatic carbocycles. The van der Waals surface area contributed by atoms with Crippen LogP contribution in [0, 0.1) is 17.6 Å². The number of nitrogens with one attached hydrogen (secondary N) is 1. The summed E-state index contributed by atoms with van der Waals surface area (Å²) in [7, 11) is -2.25. The number of benzene rings is 1. The average molecular weight is 421 g/mol. The number of anilines is 1. The molecule has 11 heteroatoms. The van der Waals surface area contributed by atoms with Gasteiger partial charge in [0.25, 0.3) is 0 Å². The number of aromatic nitrogens is 4. The Morgan fingerprint density at radius 1 is 1.28 bits per heavy atom. The lowest BCUT2D eigenvalue weighted by molar-refractivity contribution is 0.413. The van der Waals surface area contributed by atoms with Crippen LogP contribution in [-0.4, -0.2) is 41.3 Å². The Morgan fingerprint density at radius 2 is 2.07 bits per heavy atom. The molecule has 0 spiro atoms. The van der Waals surface area contributed by atoms with Gasteiger partial charge in [-0.3, -0.25) is 9.71 Å². The van der Waals surface area contributed by atoms with Crippen LogP contribution >= 0.6 is 0 Å². The van der Waals surface area contributed by atoms with Crippen molar-refractivity contribution < 1.29 is 21.9 Å². The van der Waals surface area contributed by atoms with Gasteiger partial charge >= 0.3 is 0 Å². The van der Waals surface area contributed by atoms with E-state index in [1.807, 2.05) is 0 Å². The summed E-state index contributed by atoms with van der Waals surface area (Å²) in [6, 6.07) is 3.67. The SMILES string of the molecule is COc1cncc(-c2cn(-c3c(F)ccc(NS(=O)(=O)CC4CC4)c3F)nn2)c1. The maximum absolute atomic E-state index is 14.9. The van der Waals surface area contributed by atoms with E-state index in [4.69, 9.17) is 4.74 Å². The number of nitrogens with zero attached hydrogens (tertiary/aromatic N) is 4. The zero-order chi connectivity index (χ0) is 20.6. The molecule has 3 aromatic rings. The molecular weight excluding hydrogens is 404 g/mol. The third-order valence-electron chi connectivity index (χ3n) is 4.45. The van der Waals surface area contributed by atoms with Gasteiger partial charge in [0.2, 0.25) is 10.0 Å². The van der Waals surface area contributed by atoms with E-state index in [1.165, 1.54) is 25.7 Å². The topological polar surface area (TPSA) is 99.0 Å². The summed E-state index contributed by atoms with van der Waals surface area (Å²) in [5.74, 6) is -1.50. The van der Waals surface area contributed by atoms with Crippen molar-refractivity contribution in [2.24, 2.45) is 5.92 Å². The van der Waals surface area contributed by atoms with Gasteiger partial charge in [0.05, 0.1) is 30.9 Å². The number of hydrogen-bond donors (Lipinski definition) is 1. The molecule has 8 nitrogen and oxygen atoms in total. The van der Waals surface area contributed by atoms with Gasteiger partial charge in [-0.2, -0.15) is 0 Å². The highest BCUT2D eigenvalue weighted by atomic mass is 32.2. The van der Waals surface area contributed by atoms with Crippen molar-refractivity contribution in [3.05, 3.63) is 48.4 Å². The zero-order valence-corrected chi connectivity index (χ0v) is 16.2. The van der Waals surface area contributed by atoms with Crippen molar-refractivity contribution in [3.8, 4) is 22.7 Å². The second kappa shape index (κ2) is 7.39. The van der Waals surface area contributed by atoms with Crippen molar-refractivity contribution in [2.45, 2.75) is 12.8 Å². The molecule has 0 unspecified atom stereocenters. The maximum atomic E-state index is 14.9. The van der Waals surface area contributed by atoms with Crippen LogP contribution in [0.2, 0.25) is 0 Å². The van der Waals surface area contributed by atoms with Crippen LogP contribution < -0.4 is 9.46 Å². The number of halogens is 2. The molecule has 2 aromatic heterocycles. The summed E-state index contributed by atoms with van der Waals surface area (Å²) in [5.41, 5.74) is -0.0269. The van der Waals surface area contributed by atoms with Gasteiger partial charge in [-0.05, 0) is 37.0 Å². The molecule has 0 atom stereocenters. The Bertz CT molecular complexity index is 1160. The van der Waals surface area contributed by atoms with Gasteiger partial charge in [0.15, 0.2) is 11.6 Å². The van der Waals surface area contributed by atoms with E-state index in [2.05, 4.69) is 20.0 Å². The summed E-state index contributed by atoms with van der Waals surface area (Å²) in [6.07, 6.45) is 5.99. The third kappa shape index (κ3) is 4.19. The number of pyridine rings is 1. The Labute approximate surface area is 165 Å². The molecule has 152 valence electrons. The summed E-state index contributed by atoms with van der Waals surface area (Å²) < 4.78 is 61.8. The first-order valence-corrected chi connectivity index (χ1v) is 10.4. The molecule has 0 aliphatic heterocycles. The first-order valence-electron chi connectivity index (χ1n) is 8.77. The fourth-order valence-electron chi connectivity index (χ4n) is 2.81. The standard InChI is InChI=1S/C18H17F2N5O3S/c1-28-13-6-12(7-21-8-13)16-9-25(24-22-16)18-14(19)4-5-15(17(18)20)23-29(26,27)10-11-2-3-11/h4-9,11,23H,2-3,10H2,1H3. The highest BCUT2D eigenvalue weighted by molar-refractivity contribution is 7.92. The highest BCUT2D eigenvalue weighted by Gasteiger charge is 2.29. The van der Waals surface area contributed by atoms with Crippen molar-refractivity contribution in [1.29, 1.82) is 0 Å². The van der Waals surface area contributed by atoms with Crippen LogP contribution in [0.4, 0.5) is 14.5 Å². The first kappa shape index (κ1) is 19.2. The van der Waals surface area contributed by atoms with Crippen LogP contribution in [0.1, 0.15) is 12.8 Å². The number of methoxy groups -OCH3 is 1. The Kier molecular flexibility index (Phi) is 4.91. The number of ether oxygens (including phenoxy) is 1. The Balaban J connectivity index is 1.67. The van der Waals surface area contributed by atoms with E-state index < -0.39 is 27.3 Å². The quantitative estimate of drug-likeness (QED) is 0.630. The molecule has 29 heavy (non-hydrogen) atoms. The number of hydrogen-bond acceptors (Lipinski definition) is 6. The predicted molar refractivity (Wildman–Crippen MR) is 101 cm³/mol. The van der Waals surface area contributed by atoms with Gasteiger partial charge in [0, 0.05) is 11.8 Å². The Morgan fingerprint density at radius 3 is 2.79 bits per heavy atom. The number of sulfonamides is 1. The second-order valence-electron chi connectivity index (χ2n) is 6.75. The molecule has 1 N–H and O–H groups in total. The van der Waals surface area contributed by atoms with Crippen LogP contribution in [0.25, 0.3) is 16.9 Å². The average Bonchev–Trinajstić information content (AvgIpc) is 3.36. The van der Waals surface area contributed by atoms with Gasteiger partial charge in [-0.1, -0.05) is 5.21 Å². The minimum absolute atomic E-state index is 0.0878. The molecular formula is C18H17F2N5O3S. The van der Waals surface area contributed by atoms with Crippen LogP contribution in [0.5, 0.6) is 5.75 Å². The molecule has 0 bridgehead atoms. The fourth-order valence-corrected chi connectivity index (χ4v) is 4.34. The molecule has 0 amide bonds. The molecule has 0 saturated heterocycles. The molecule has 0 radical (unpaired) electrons. The summed E-state index contributed by atoms with van der Waals surface area (Å²) in [4.78, 5) is 4.01.